The van der Waals surface area contributed by atoms with Gasteiger partial charge in [-0.05, 0) is 30.5 Å². The van der Waals surface area contributed by atoms with E-state index in [0.29, 0.717) is 12.5 Å². The number of halogens is 1. The number of benzene rings is 1. The van der Waals surface area contributed by atoms with E-state index in [1.807, 2.05) is 17.8 Å². The molecular formula is C13H17BrN4. The first-order valence-corrected chi connectivity index (χ1v) is 6.76. The maximum atomic E-state index is 5.86. The molecule has 0 saturated carbocycles. The lowest BCUT2D eigenvalue weighted by Gasteiger charge is -2.15. The van der Waals surface area contributed by atoms with Gasteiger partial charge >= 0.3 is 0 Å². The molecule has 0 radical (unpaired) electrons. The molecule has 2 rings (SSSR count). The van der Waals surface area contributed by atoms with Crippen molar-refractivity contribution in [3.8, 4) is 0 Å². The Hall–Kier alpha value is -1.20. The van der Waals surface area contributed by atoms with Crippen LogP contribution in [-0.4, -0.2) is 21.3 Å². The van der Waals surface area contributed by atoms with Gasteiger partial charge in [0.05, 0.1) is 0 Å². The van der Waals surface area contributed by atoms with Gasteiger partial charge in [0.1, 0.15) is 12.2 Å². The number of rotatable bonds is 5. The second-order valence-corrected chi connectivity index (χ2v) is 5.26. The van der Waals surface area contributed by atoms with E-state index < -0.39 is 0 Å². The molecule has 0 saturated heterocycles. The third kappa shape index (κ3) is 3.17. The van der Waals surface area contributed by atoms with Crippen molar-refractivity contribution in [1.82, 2.24) is 14.8 Å². The molecule has 0 aliphatic carbocycles. The average Bonchev–Trinajstić information content (AvgIpc) is 2.77. The van der Waals surface area contributed by atoms with E-state index >= 15 is 0 Å². The van der Waals surface area contributed by atoms with Crippen LogP contribution in [-0.2, 0) is 19.9 Å². The van der Waals surface area contributed by atoms with E-state index in [0.717, 1.165) is 23.1 Å². The molecule has 96 valence electrons. The van der Waals surface area contributed by atoms with Crippen molar-refractivity contribution in [3.63, 3.8) is 0 Å². The van der Waals surface area contributed by atoms with Gasteiger partial charge in [0.25, 0.3) is 0 Å². The predicted octanol–water partition coefficient (Wildman–Crippen LogP) is 1.94. The Balaban J connectivity index is 2.06. The van der Waals surface area contributed by atoms with Crippen LogP contribution in [0.4, 0.5) is 0 Å². The van der Waals surface area contributed by atoms with Crippen molar-refractivity contribution in [3.05, 3.63) is 46.5 Å². The van der Waals surface area contributed by atoms with Crippen LogP contribution in [0.1, 0.15) is 11.4 Å². The SMILES string of the molecule is Cn1ncnc1CC(CN)Cc1ccccc1Br. The minimum atomic E-state index is 0.381. The molecule has 4 nitrogen and oxygen atoms in total. The van der Waals surface area contributed by atoms with Gasteiger partial charge in [0.2, 0.25) is 0 Å². The summed E-state index contributed by atoms with van der Waals surface area (Å²) in [6.07, 6.45) is 3.39. The first-order chi connectivity index (χ1) is 8.70. The Morgan fingerprint density at radius 2 is 2.11 bits per heavy atom. The molecule has 1 unspecified atom stereocenters. The van der Waals surface area contributed by atoms with Crippen LogP contribution in [0.15, 0.2) is 35.1 Å². The molecule has 0 aliphatic heterocycles. The van der Waals surface area contributed by atoms with Crippen LogP contribution in [0.25, 0.3) is 0 Å². The lowest BCUT2D eigenvalue weighted by molar-refractivity contribution is 0.503. The monoisotopic (exact) mass is 308 g/mol. The topological polar surface area (TPSA) is 56.7 Å². The lowest BCUT2D eigenvalue weighted by atomic mass is 9.96. The molecule has 1 atom stereocenters. The van der Waals surface area contributed by atoms with Crippen LogP contribution < -0.4 is 5.73 Å². The summed E-state index contributed by atoms with van der Waals surface area (Å²) in [6, 6.07) is 8.26. The van der Waals surface area contributed by atoms with Crippen LogP contribution in [0.5, 0.6) is 0 Å². The molecule has 0 aliphatic rings. The zero-order valence-corrected chi connectivity index (χ0v) is 12.0. The first-order valence-electron chi connectivity index (χ1n) is 5.97. The number of nitrogens with two attached hydrogens (primary N) is 1. The number of hydrogen-bond acceptors (Lipinski definition) is 3. The molecule has 5 heteroatoms. The predicted molar refractivity (Wildman–Crippen MR) is 75.1 cm³/mol. The molecular weight excluding hydrogens is 292 g/mol. The van der Waals surface area contributed by atoms with Crippen molar-refractivity contribution >= 4 is 15.9 Å². The summed E-state index contributed by atoms with van der Waals surface area (Å²) < 4.78 is 2.95. The third-order valence-corrected chi connectivity index (χ3v) is 3.85. The summed E-state index contributed by atoms with van der Waals surface area (Å²) in [5, 5.41) is 4.08. The molecule has 1 heterocycles. The number of hydrogen-bond donors (Lipinski definition) is 1. The fourth-order valence-electron chi connectivity index (χ4n) is 1.98. The van der Waals surface area contributed by atoms with Crippen LogP contribution in [0.3, 0.4) is 0 Å². The van der Waals surface area contributed by atoms with Crippen LogP contribution >= 0.6 is 15.9 Å². The van der Waals surface area contributed by atoms with Crippen molar-refractivity contribution in [1.29, 1.82) is 0 Å². The van der Waals surface area contributed by atoms with E-state index in [1.165, 1.54) is 5.56 Å². The van der Waals surface area contributed by atoms with E-state index in [4.69, 9.17) is 5.73 Å². The van der Waals surface area contributed by atoms with Crippen LogP contribution in [0.2, 0.25) is 0 Å². The van der Waals surface area contributed by atoms with Crippen molar-refractivity contribution in [2.45, 2.75) is 12.8 Å². The van der Waals surface area contributed by atoms with Gasteiger partial charge in [-0.25, -0.2) is 4.98 Å². The van der Waals surface area contributed by atoms with E-state index in [1.54, 1.807) is 6.33 Å². The standard InChI is InChI=1S/C13H17BrN4/c1-18-13(16-9-17-18)7-10(8-15)6-11-4-2-3-5-12(11)14/h2-5,9-10H,6-8,15H2,1H3. The van der Waals surface area contributed by atoms with Gasteiger partial charge < -0.3 is 5.73 Å². The Morgan fingerprint density at radius 1 is 1.33 bits per heavy atom. The van der Waals surface area contributed by atoms with Gasteiger partial charge in [-0.15, -0.1) is 0 Å². The summed E-state index contributed by atoms with van der Waals surface area (Å²) in [5.74, 6) is 1.36. The fraction of sp³-hybridized carbons (Fsp3) is 0.385. The van der Waals surface area contributed by atoms with Crippen LogP contribution in [0, 0.1) is 5.92 Å². The molecule has 0 fully saturated rings. The number of aryl methyl sites for hydroxylation is 1. The highest BCUT2D eigenvalue weighted by atomic mass is 79.9. The maximum absolute atomic E-state index is 5.86. The van der Waals surface area contributed by atoms with E-state index in [2.05, 4.69) is 44.2 Å². The summed E-state index contributed by atoms with van der Waals surface area (Å²) in [7, 11) is 1.91. The highest BCUT2D eigenvalue weighted by molar-refractivity contribution is 9.10. The fourth-order valence-corrected chi connectivity index (χ4v) is 2.42. The van der Waals surface area contributed by atoms with Gasteiger partial charge in [0, 0.05) is 17.9 Å². The Bertz CT molecular complexity index is 509. The highest BCUT2D eigenvalue weighted by Crippen LogP contribution is 2.20. The molecule has 1 aromatic carbocycles. The van der Waals surface area contributed by atoms with Crippen molar-refractivity contribution < 1.29 is 0 Å². The summed E-state index contributed by atoms with van der Waals surface area (Å²) in [5.41, 5.74) is 7.15. The smallest absolute Gasteiger partial charge is 0.138 e. The highest BCUT2D eigenvalue weighted by Gasteiger charge is 2.13. The molecule has 0 bridgehead atoms. The minimum Gasteiger partial charge on any atom is -0.330 e. The summed E-state index contributed by atoms with van der Waals surface area (Å²) >= 11 is 3.57. The maximum Gasteiger partial charge on any atom is 0.138 e. The minimum absolute atomic E-state index is 0.381. The molecule has 2 aromatic rings. The Labute approximate surface area is 115 Å². The quantitative estimate of drug-likeness (QED) is 0.918. The van der Waals surface area contributed by atoms with Gasteiger partial charge in [-0.3, -0.25) is 4.68 Å². The van der Waals surface area contributed by atoms with Gasteiger partial charge in [-0.2, -0.15) is 5.10 Å². The zero-order chi connectivity index (χ0) is 13.0. The first kappa shape index (κ1) is 13.2. The third-order valence-electron chi connectivity index (χ3n) is 3.08. The van der Waals surface area contributed by atoms with Gasteiger partial charge in [0.15, 0.2) is 0 Å². The number of nitrogens with zero attached hydrogens (tertiary/aromatic N) is 3. The van der Waals surface area contributed by atoms with E-state index in [9.17, 15) is 0 Å². The second kappa shape index (κ2) is 6.11. The normalized spacial score (nSPS) is 12.6. The largest absolute Gasteiger partial charge is 0.330 e. The van der Waals surface area contributed by atoms with Gasteiger partial charge in [-0.1, -0.05) is 34.1 Å². The Morgan fingerprint density at radius 3 is 2.72 bits per heavy atom. The summed E-state index contributed by atoms with van der Waals surface area (Å²) in [6.45, 7) is 0.647. The lowest BCUT2D eigenvalue weighted by Crippen LogP contribution is -2.21. The molecule has 0 amide bonds. The summed E-state index contributed by atoms with van der Waals surface area (Å²) in [4.78, 5) is 4.25. The molecule has 0 spiro atoms. The Kier molecular flexibility index (Phi) is 4.49. The zero-order valence-electron chi connectivity index (χ0n) is 10.4. The second-order valence-electron chi connectivity index (χ2n) is 4.40. The molecule has 1 aromatic heterocycles. The number of aromatic nitrogens is 3. The van der Waals surface area contributed by atoms with E-state index in [-0.39, 0.29) is 0 Å². The molecule has 2 N–H and O–H groups in total. The van der Waals surface area contributed by atoms with Crippen molar-refractivity contribution in [2.75, 3.05) is 6.54 Å². The van der Waals surface area contributed by atoms with Crippen molar-refractivity contribution in [2.24, 2.45) is 18.7 Å². The molecule has 18 heavy (non-hydrogen) atoms. The average molecular weight is 309 g/mol.